The Bertz CT molecular complexity index is 820. The Hall–Kier alpha value is -1.79. The monoisotopic (exact) mass is 331 g/mol. The average molecular weight is 331 g/mol. The number of methoxy groups -OCH3 is 1. The van der Waals surface area contributed by atoms with Crippen molar-refractivity contribution in [2.75, 3.05) is 26.7 Å². The zero-order valence-corrected chi connectivity index (χ0v) is 13.9. The molecule has 4 heterocycles. The molecule has 0 radical (unpaired) electrons. The maximum Gasteiger partial charge on any atom is 0.251 e. The van der Waals surface area contributed by atoms with Crippen LogP contribution < -0.4 is 5.56 Å². The van der Waals surface area contributed by atoms with Gasteiger partial charge in [0.25, 0.3) is 5.56 Å². The molecule has 1 unspecified atom stereocenters. The van der Waals surface area contributed by atoms with Crippen molar-refractivity contribution < 1.29 is 9.13 Å². The topological polar surface area (TPSA) is 47.4 Å². The number of ether oxygens (including phenoxy) is 1. The number of nitrogens with zero attached hydrogens (tertiary/aromatic N) is 3. The van der Waals surface area contributed by atoms with Crippen molar-refractivity contribution in [2.24, 2.45) is 0 Å². The van der Waals surface area contributed by atoms with Gasteiger partial charge in [0.2, 0.25) is 0 Å². The van der Waals surface area contributed by atoms with E-state index in [1.807, 2.05) is 0 Å². The second-order valence-corrected chi connectivity index (χ2v) is 6.82. The number of halogens is 1. The smallest absolute Gasteiger partial charge is 0.251 e. The summed E-state index contributed by atoms with van der Waals surface area (Å²) in [6.45, 7) is 3.45. The first-order valence-corrected chi connectivity index (χ1v) is 8.60. The Morgan fingerprint density at radius 2 is 2.25 bits per heavy atom. The third kappa shape index (κ3) is 2.63. The molecule has 24 heavy (non-hydrogen) atoms. The third-order valence-electron chi connectivity index (χ3n) is 5.39. The fourth-order valence-electron chi connectivity index (χ4n) is 4.13. The Labute approximate surface area is 140 Å². The van der Waals surface area contributed by atoms with E-state index in [9.17, 15) is 9.18 Å². The van der Waals surface area contributed by atoms with Gasteiger partial charge in [-0.3, -0.25) is 9.78 Å². The second kappa shape index (κ2) is 6.26. The first-order chi connectivity index (χ1) is 11.7. The van der Waals surface area contributed by atoms with Gasteiger partial charge in [-0.15, -0.1) is 0 Å². The highest BCUT2D eigenvalue weighted by Crippen LogP contribution is 2.35. The van der Waals surface area contributed by atoms with Crippen LogP contribution in [0.4, 0.5) is 4.39 Å². The first kappa shape index (κ1) is 15.7. The summed E-state index contributed by atoms with van der Waals surface area (Å²) in [5.41, 5.74) is 1.97. The summed E-state index contributed by atoms with van der Waals surface area (Å²) in [7, 11) is 1.76. The summed E-state index contributed by atoms with van der Waals surface area (Å²) >= 11 is 0. The van der Waals surface area contributed by atoms with Gasteiger partial charge in [0, 0.05) is 37.7 Å². The van der Waals surface area contributed by atoms with E-state index in [-0.39, 0.29) is 17.3 Å². The zero-order chi connectivity index (χ0) is 16.7. The quantitative estimate of drug-likeness (QED) is 0.861. The molecule has 0 amide bonds. The van der Waals surface area contributed by atoms with Crippen molar-refractivity contribution in [1.29, 1.82) is 0 Å². The van der Waals surface area contributed by atoms with Gasteiger partial charge >= 0.3 is 0 Å². The predicted octanol–water partition coefficient (Wildman–Crippen LogP) is 2.13. The van der Waals surface area contributed by atoms with E-state index in [0.29, 0.717) is 29.2 Å². The van der Waals surface area contributed by atoms with Crippen LogP contribution in [-0.4, -0.2) is 47.3 Å². The highest BCUT2D eigenvalue weighted by Gasteiger charge is 2.30. The minimum atomic E-state index is -0.294. The minimum absolute atomic E-state index is 0.0357. The molecule has 2 atom stereocenters. The van der Waals surface area contributed by atoms with Gasteiger partial charge in [-0.05, 0) is 38.4 Å². The summed E-state index contributed by atoms with van der Waals surface area (Å²) in [4.78, 5) is 18.6. The molecule has 1 fully saturated rings. The van der Waals surface area contributed by atoms with Crippen molar-refractivity contribution in [1.82, 2.24) is 14.5 Å². The van der Waals surface area contributed by atoms with Crippen LogP contribution in [0, 0.1) is 5.82 Å². The first-order valence-electron chi connectivity index (χ1n) is 8.60. The van der Waals surface area contributed by atoms with E-state index in [1.54, 1.807) is 17.7 Å². The van der Waals surface area contributed by atoms with Crippen LogP contribution in [0.3, 0.4) is 0 Å². The standard InChI is InChI=1S/C18H22FN3O2/c1-24-13-3-2-7-21(11-13)8-6-12-10-22-16(23)5-4-15-18(22)17(12)14(19)9-20-15/h4-5,9,12-13H,2-3,6-8,10-11H2,1H3/t12?,13-/m0/s1. The van der Waals surface area contributed by atoms with E-state index in [1.165, 1.54) is 12.3 Å². The Morgan fingerprint density at radius 3 is 3.08 bits per heavy atom. The number of hydrogen-bond donors (Lipinski definition) is 0. The number of piperidine rings is 1. The van der Waals surface area contributed by atoms with E-state index in [0.717, 1.165) is 38.9 Å². The molecule has 0 aromatic carbocycles. The SMILES string of the molecule is CO[C@H]1CCCN(CCC2Cn3c(=O)ccc4ncc(F)c2c43)C1. The van der Waals surface area contributed by atoms with Crippen LogP contribution in [-0.2, 0) is 11.3 Å². The molecule has 0 aliphatic carbocycles. The lowest BCUT2D eigenvalue weighted by Gasteiger charge is -2.32. The molecule has 2 aliphatic rings. The Morgan fingerprint density at radius 1 is 1.38 bits per heavy atom. The van der Waals surface area contributed by atoms with Crippen LogP contribution in [0.15, 0.2) is 23.1 Å². The maximum absolute atomic E-state index is 14.4. The number of likely N-dealkylation sites (tertiary alicyclic amines) is 1. The van der Waals surface area contributed by atoms with Gasteiger partial charge in [-0.1, -0.05) is 0 Å². The van der Waals surface area contributed by atoms with Crippen molar-refractivity contribution in [3.05, 3.63) is 40.1 Å². The second-order valence-electron chi connectivity index (χ2n) is 6.82. The number of hydrogen-bond acceptors (Lipinski definition) is 4. The lowest BCUT2D eigenvalue weighted by atomic mass is 9.97. The lowest BCUT2D eigenvalue weighted by molar-refractivity contribution is 0.0303. The highest BCUT2D eigenvalue weighted by molar-refractivity contribution is 5.80. The van der Waals surface area contributed by atoms with E-state index in [2.05, 4.69) is 9.88 Å². The van der Waals surface area contributed by atoms with E-state index in [4.69, 9.17) is 4.74 Å². The van der Waals surface area contributed by atoms with Crippen LogP contribution >= 0.6 is 0 Å². The molecule has 5 nitrogen and oxygen atoms in total. The van der Waals surface area contributed by atoms with Gasteiger partial charge in [-0.2, -0.15) is 0 Å². The number of rotatable bonds is 4. The minimum Gasteiger partial charge on any atom is -0.380 e. The summed E-state index contributed by atoms with van der Waals surface area (Å²) in [6, 6.07) is 3.21. The molecular formula is C18H22FN3O2. The highest BCUT2D eigenvalue weighted by atomic mass is 19.1. The van der Waals surface area contributed by atoms with E-state index < -0.39 is 0 Å². The van der Waals surface area contributed by atoms with Gasteiger partial charge in [0.05, 0.1) is 23.3 Å². The largest absolute Gasteiger partial charge is 0.380 e. The molecule has 2 aromatic heterocycles. The van der Waals surface area contributed by atoms with E-state index >= 15 is 0 Å². The summed E-state index contributed by atoms with van der Waals surface area (Å²) in [5, 5.41) is 0. The lowest BCUT2D eigenvalue weighted by Crippen LogP contribution is -2.40. The molecular weight excluding hydrogens is 309 g/mol. The molecule has 6 heteroatoms. The summed E-state index contributed by atoms with van der Waals surface area (Å²) < 4.78 is 21.6. The maximum atomic E-state index is 14.4. The van der Waals surface area contributed by atoms with Crippen LogP contribution in [0.25, 0.3) is 11.0 Å². The fourth-order valence-corrected chi connectivity index (χ4v) is 4.13. The molecule has 2 aromatic rings. The normalized spacial score (nSPS) is 23.9. The van der Waals surface area contributed by atoms with Gasteiger partial charge in [-0.25, -0.2) is 4.39 Å². The van der Waals surface area contributed by atoms with Crippen molar-refractivity contribution >= 4 is 11.0 Å². The van der Waals surface area contributed by atoms with Gasteiger partial charge in [0.15, 0.2) is 0 Å². The molecule has 0 spiro atoms. The van der Waals surface area contributed by atoms with Crippen molar-refractivity contribution in [3.8, 4) is 0 Å². The Balaban J connectivity index is 1.56. The van der Waals surface area contributed by atoms with Crippen LogP contribution in [0.1, 0.15) is 30.7 Å². The average Bonchev–Trinajstić information content (AvgIpc) is 3.00. The van der Waals surface area contributed by atoms with Crippen LogP contribution in [0.5, 0.6) is 0 Å². The number of pyridine rings is 2. The molecule has 0 N–H and O–H groups in total. The molecule has 2 aliphatic heterocycles. The number of aromatic nitrogens is 2. The molecule has 1 saturated heterocycles. The fraction of sp³-hybridized carbons (Fsp3) is 0.556. The summed E-state index contributed by atoms with van der Waals surface area (Å²) in [5.74, 6) is -0.258. The summed E-state index contributed by atoms with van der Waals surface area (Å²) in [6.07, 6.45) is 4.67. The third-order valence-corrected chi connectivity index (χ3v) is 5.39. The molecule has 4 rings (SSSR count). The molecule has 0 saturated carbocycles. The molecule has 128 valence electrons. The predicted molar refractivity (Wildman–Crippen MR) is 89.8 cm³/mol. The van der Waals surface area contributed by atoms with Crippen molar-refractivity contribution in [3.63, 3.8) is 0 Å². The zero-order valence-electron chi connectivity index (χ0n) is 13.9. The van der Waals surface area contributed by atoms with Crippen molar-refractivity contribution in [2.45, 2.75) is 37.8 Å². The van der Waals surface area contributed by atoms with Crippen LogP contribution in [0.2, 0.25) is 0 Å². The van der Waals surface area contributed by atoms with Gasteiger partial charge in [0.1, 0.15) is 5.82 Å². The van der Waals surface area contributed by atoms with Gasteiger partial charge < -0.3 is 14.2 Å². The molecule has 0 bridgehead atoms. The Kier molecular flexibility index (Phi) is 4.10.